The minimum Gasteiger partial charge on any atom is -0.367 e. The lowest BCUT2D eigenvalue weighted by molar-refractivity contribution is 0.0952. The number of rotatable bonds is 9. The molecule has 7 nitrogen and oxygen atoms in total. The van der Waals surface area contributed by atoms with Gasteiger partial charge in [0, 0.05) is 47.6 Å². The van der Waals surface area contributed by atoms with Gasteiger partial charge in [-0.1, -0.05) is 55.8 Å². The van der Waals surface area contributed by atoms with Crippen LogP contribution < -0.4 is 11.1 Å². The van der Waals surface area contributed by atoms with Gasteiger partial charge in [0.1, 0.15) is 0 Å². The fourth-order valence-corrected chi connectivity index (χ4v) is 7.34. The predicted octanol–water partition coefficient (Wildman–Crippen LogP) is 6.99. The summed E-state index contributed by atoms with van der Waals surface area (Å²) in [5.74, 6) is -0.229. The minimum absolute atomic E-state index is 0.203. The normalized spacial score (nSPS) is 11.7. The van der Waals surface area contributed by atoms with E-state index in [-0.39, 0.29) is 15.7 Å². The van der Waals surface area contributed by atoms with Crippen molar-refractivity contribution in [3.63, 3.8) is 0 Å². The molecule has 0 atom stereocenters. The molecule has 1 aliphatic heterocycles. The molecular formula is C37H36N4O3S. The number of aromatic nitrogens is 2. The summed E-state index contributed by atoms with van der Waals surface area (Å²) < 4.78 is 27.8. The average molecular weight is 617 g/mol. The van der Waals surface area contributed by atoms with Gasteiger partial charge in [0.25, 0.3) is 5.91 Å². The second-order valence-electron chi connectivity index (χ2n) is 11.3. The van der Waals surface area contributed by atoms with Gasteiger partial charge in [0.2, 0.25) is 9.84 Å². The van der Waals surface area contributed by atoms with Gasteiger partial charge in [-0.2, -0.15) is 0 Å². The van der Waals surface area contributed by atoms with E-state index in [9.17, 15) is 13.2 Å². The van der Waals surface area contributed by atoms with E-state index in [1.54, 1.807) is 54.9 Å². The molecule has 0 bridgehead atoms. The summed E-state index contributed by atoms with van der Waals surface area (Å²) in [5, 5.41) is 3.84. The molecule has 6 rings (SSSR count). The van der Waals surface area contributed by atoms with E-state index in [0.29, 0.717) is 46.6 Å². The van der Waals surface area contributed by atoms with Crippen LogP contribution in [0.1, 0.15) is 52.0 Å². The quantitative estimate of drug-likeness (QED) is 0.162. The molecule has 2 aliphatic rings. The monoisotopic (exact) mass is 616 g/mol. The van der Waals surface area contributed by atoms with Crippen molar-refractivity contribution in [2.24, 2.45) is 5.73 Å². The zero-order valence-electron chi connectivity index (χ0n) is 25.6. The molecule has 0 unspecified atom stereocenters. The molecule has 3 aromatic carbocycles. The molecule has 1 aliphatic carbocycles. The number of H-pyrrole nitrogens is 1. The number of sulfone groups is 1. The highest BCUT2D eigenvalue weighted by molar-refractivity contribution is 7.91. The Morgan fingerprint density at radius 2 is 1.53 bits per heavy atom. The summed E-state index contributed by atoms with van der Waals surface area (Å²) in [6.45, 7) is 6.95. The van der Waals surface area contributed by atoms with Crippen molar-refractivity contribution >= 4 is 26.6 Å². The van der Waals surface area contributed by atoms with Crippen LogP contribution in [0.2, 0.25) is 0 Å². The lowest BCUT2D eigenvalue weighted by Gasteiger charge is -2.14. The van der Waals surface area contributed by atoms with E-state index < -0.39 is 9.84 Å². The SMILES string of the molecule is CCc1cc2nc(-c3cc(S(=O)(=O)c4ccc(C)cc4)c4cc[nH]cc3-4)cc(C(=O)NCc3ccc(CN)cc3)c2cc1CC. The number of hydrogen-bond acceptors (Lipinski definition) is 5. The lowest BCUT2D eigenvalue weighted by atomic mass is 9.96. The number of amides is 1. The number of hydrogen-bond donors (Lipinski definition) is 3. The second kappa shape index (κ2) is 12.3. The van der Waals surface area contributed by atoms with Crippen LogP contribution in [0.5, 0.6) is 0 Å². The molecule has 45 heavy (non-hydrogen) atoms. The standard InChI is InChI=1S/C37H36N4O3S/c1-4-26-16-30-32(37(42)40-21-25-10-8-24(20-38)9-11-25)18-35(41-34(30)17-27(26)5-2)31-19-36(29-14-15-39-22-33(29)31)45(43,44)28-12-6-23(3)7-13-28/h6-19,22,39H,4-5,20-21,38H2,1-3H3,(H,40,42). The summed E-state index contributed by atoms with van der Waals surface area (Å²) >= 11 is 0. The topological polar surface area (TPSA) is 118 Å². The van der Waals surface area contributed by atoms with E-state index in [2.05, 4.69) is 36.3 Å². The molecule has 0 fully saturated rings. The molecular weight excluding hydrogens is 580 g/mol. The molecule has 0 radical (unpaired) electrons. The molecule has 4 aromatic rings. The highest BCUT2D eigenvalue weighted by atomic mass is 32.2. The number of aryl methyl sites for hydroxylation is 3. The molecule has 0 saturated heterocycles. The molecule has 4 N–H and O–H groups in total. The van der Waals surface area contributed by atoms with Gasteiger partial charge < -0.3 is 16.0 Å². The summed E-state index contributed by atoms with van der Waals surface area (Å²) in [6.07, 6.45) is 5.16. The zero-order chi connectivity index (χ0) is 31.7. The zero-order valence-corrected chi connectivity index (χ0v) is 26.5. The molecule has 0 spiro atoms. The van der Waals surface area contributed by atoms with Crippen molar-refractivity contribution in [1.29, 1.82) is 0 Å². The number of nitrogens with two attached hydrogens (primary N) is 1. The maximum atomic E-state index is 13.9. The summed E-state index contributed by atoms with van der Waals surface area (Å²) in [7, 11) is -3.83. The number of benzene rings is 3. The van der Waals surface area contributed by atoms with Gasteiger partial charge in [-0.05, 0) is 84.5 Å². The van der Waals surface area contributed by atoms with Gasteiger partial charge in [0.15, 0.2) is 0 Å². The van der Waals surface area contributed by atoms with Crippen LogP contribution in [0, 0.1) is 6.92 Å². The van der Waals surface area contributed by atoms with Crippen molar-refractivity contribution < 1.29 is 13.2 Å². The Balaban J connectivity index is 1.50. The number of pyridine rings is 2. The van der Waals surface area contributed by atoms with Crippen LogP contribution >= 0.6 is 0 Å². The Hall–Kier alpha value is -4.79. The molecule has 2 heterocycles. The van der Waals surface area contributed by atoms with Crippen LogP contribution in [0.25, 0.3) is 33.3 Å². The van der Waals surface area contributed by atoms with Gasteiger partial charge in [-0.25, -0.2) is 13.4 Å². The Kier molecular flexibility index (Phi) is 8.27. The van der Waals surface area contributed by atoms with Crippen molar-refractivity contribution in [3.05, 3.63) is 125 Å². The Morgan fingerprint density at radius 3 is 2.22 bits per heavy atom. The molecule has 228 valence electrons. The fourth-order valence-electron chi connectivity index (χ4n) is 5.85. The summed E-state index contributed by atoms with van der Waals surface area (Å²) in [4.78, 5) is 22.4. The average Bonchev–Trinajstić information content (AvgIpc) is 3.47. The van der Waals surface area contributed by atoms with E-state index in [4.69, 9.17) is 10.7 Å². The van der Waals surface area contributed by atoms with Gasteiger partial charge in [-0.3, -0.25) is 4.79 Å². The first-order valence-corrected chi connectivity index (χ1v) is 16.7. The van der Waals surface area contributed by atoms with Crippen LogP contribution in [0.3, 0.4) is 0 Å². The first-order chi connectivity index (χ1) is 21.7. The highest BCUT2D eigenvalue weighted by Gasteiger charge is 2.28. The number of nitrogens with zero attached hydrogens (tertiary/aromatic N) is 1. The number of nitrogens with one attached hydrogen (secondary N) is 2. The van der Waals surface area contributed by atoms with Gasteiger partial charge >= 0.3 is 0 Å². The molecule has 0 saturated carbocycles. The van der Waals surface area contributed by atoms with Crippen molar-refractivity contribution in [1.82, 2.24) is 15.3 Å². The van der Waals surface area contributed by atoms with E-state index >= 15 is 0 Å². The minimum atomic E-state index is -3.83. The van der Waals surface area contributed by atoms with Gasteiger partial charge in [-0.15, -0.1) is 0 Å². The third kappa shape index (κ3) is 5.75. The van der Waals surface area contributed by atoms with E-state index in [1.807, 2.05) is 31.2 Å². The Labute approximate surface area is 263 Å². The fraction of sp³-hybridized carbons (Fsp3) is 0.189. The van der Waals surface area contributed by atoms with Crippen LogP contribution in [0.4, 0.5) is 0 Å². The maximum absolute atomic E-state index is 13.9. The number of fused-ring (bicyclic) bond motifs is 2. The van der Waals surface area contributed by atoms with E-state index in [1.165, 1.54) is 11.1 Å². The van der Waals surface area contributed by atoms with Crippen LogP contribution in [-0.4, -0.2) is 24.3 Å². The predicted molar refractivity (Wildman–Crippen MR) is 179 cm³/mol. The number of carbonyl (C=O) groups is 1. The van der Waals surface area contributed by atoms with Crippen molar-refractivity contribution in [2.75, 3.05) is 0 Å². The largest absolute Gasteiger partial charge is 0.367 e. The first kappa shape index (κ1) is 30.2. The van der Waals surface area contributed by atoms with Crippen LogP contribution in [0.15, 0.2) is 101 Å². The molecule has 8 heteroatoms. The molecule has 1 aromatic heterocycles. The first-order valence-electron chi connectivity index (χ1n) is 15.2. The number of carbonyl (C=O) groups excluding carboxylic acids is 1. The number of aromatic amines is 1. The summed E-state index contributed by atoms with van der Waals surface area (Å²) in [5.41, 5.74) is 14.7. The smallest absolute Gasteiger partial charge is 0.252 e. The van der Waals surface area contributed by atoms with Crippen LogP contribution in [-0.2, 0) is 35.8 Å². The second-order valence-corrected chi connectivity index (χ2v) is 13.2. The Morgan fingerprint density at radius 1 is 0.844 bits per heavy atom. The van der Waals surface area contributed by atoms with Gasteiger partial charge in [0.05, 0.1) is 26.6 Å². The Bertz CT molecular complexity index is 2100. The maximum Gasteiger partial charge on any atom is 0.252 e. The third-order valence-corrected chi connectivity index (χ3v) is 10.2. The summed E-state index contributed by atoms with van der Waals surface area (Å²) in [6, 6.07) is 24.1. The molecule has 1 amide bonds. The van der Waals surface area contributed by atoms with E-state index in [0.717, 1.165) is 34.9 Å². The lowest BCUT2D eigenvalue weighted by Crippen LogP contribution is -2.23. The van der Waals surface area contributed by atoms with Crippen molar-refractivity contribution in [2.45, 2.75) is 56.5 Å². The van der Waals surface area contributed by atoms with Crippen molar-refractivity contribution in [3.8, 4) is 22.4 Å². The highest BCUT2D eigenvalue weighted by Crippen LogP contribution is 2.43. The third-order valence-electron chi connectivity index (χ3n) is 8.44.